The lowest BCUT2D eigenvalue weighted by Gasteiger charge is -2.33. The summed E-state index contributed by atoms with van der Waals surface area (Å²) in [7, 11) is 0. The normalized spacial score (nSPS) is 19.4. The number of Topliss-reactive ketones (excluding diaryl/α,β-unsaturated/α-hetero) is 1. The van der Waals surface area contributed by atoms with Gasteiger partial charge in [-0.05, 0) is 48.9 Å². The van der Waals surface area contributed by atoms with Crippen LogP contribution in [0.15, 0.2) is 86.6 Å². The molecule has 0 bridgehead atoms. The summed E-state index contributed by atoms with van der Waals surface area (Å²) in [5.74, 6) is -0.244. The van der Waals surface area contributed by atoms with Gasteiger partial charge in [-0.15, -0.1) is 0 Å². The Morgan fingerprint density at radius 1 is 1.14 bits per heavy atom. The lowest BCUT2D eigenvalue weighted by molar-refractivity contribution is -0.117. The summed E-state index contributed by atoms with van der Waals surface area (Å²) >= 11 is 0. The lowest BCUT2D eigenvalue weighted by atomic mass is 9.74. The first kappa shape index (κ1) is 23.1. The first-order valence-electron chi connectivity index (χ1n) is 11.4. The van der Waals surface area contributed by atoms with Gasteiger partial charge in [0.2, 0.25) is 11.6 Å². The Labute approximate surface area is 206 Å². The molecule has 2 N–H and O–H groups in total. The molecule has 36 heavy (non-hydrogen) atoms. The monoisotopic (exact) mass is 486 g/mol. The molecule has 3 heterocycles. The minimum atomic E-state index is -0.752. The Morgan fingerprint density at radius 3 is 2.64 bits per heavy atom. The standard InChI is InChI=1S/C27H22N2O7/c1-2-32-22-12-15(7-8-20(22)36-27(31)21-6-4-10-34-21)24-17(14-28)26(29)35-23-13-16(11-18(30)25(23)24)19-5-3-9-33-19/h3-10,12,16,24H,2,11,13,29H2,1H3/t16-,24-/m0/s1. The molecule has 0 spiro atoms. The van der Waals surface area contributed by atoms with Crippen molar-refractivity contribution in [1.29, 1.82) is 5.26 Å². The Kier molecular flexibility index (Phi) is 6.09. The SMILES string of the molecule is CCOc1cc([C@H]2C(C#N)=C(N)OC3=C2C(=O)C[C@H](c2ccco2)C3)ccc1OC(=O)c1ccco1. The van der Waals surface area contributed by atoms with Gasteiger partial charge in [-0.3, -0.25) is 4.79 Å². The van der Waals surface area contributed by atoms with Crippen molar-refractivity contribution >= 4 is 11.8 Å². The van der Waals surface area contributed by atoms with Crippen LogP contribution in [-0.2, 0) is 9.53 Å². The molecule has 0 saturated heterocycles. The molecule has 0 amide bonds. The Hall–Kier alpha value is -4.71. The van der Waals surface area contributed by atoms with Crippen molar-refractivity contribution in [3.63, 3.8) is 0 Å². The number of nitrogens with zero attached hydrogens (tertiary/aromatic N) is 1. The molecular weight excluding hydrogens is 464 g/mol. The number of carbonyl (C=O) groups is 2. The second-order valence-corrected chi connectivity index (χ2v) is 8.31. The van der Waals surface area contributed by atoms with E-state index in [2.05, 4.69) is 6.07 Å². The Balaban J connectivity index is 1.53. The summed E-state index contributed by atoms with van der Waals surface area (Å²) in [6.45, 7) is 2.08. The average Bonchev–Trinajstić information content (AvgIpc) is 3.59. The maximum Gasteiger partial charge on any atom is 0.379 e. The number of rotatable bonds is 6. The Bertz CT molecular complexity index is 1410. The van der Waals surface area contributed by atoms with E-state index in [-0.39, 0.29) is 46.8 Å². The molecule has 3 aromatic rings. The lowest BCUT2D eigenvalue weighted by Crippen LogP contribution is -2.29. The van der Waals surface area contributed by atoms with Crippen LogP contribution in [-0.4, -0.2) is 18.4 Å². The minimum absolute atomic E-state index is 0.0436. The second-order valence-electron chi connectivity index (χ2n) is 8.31. The summed E-state index contributed by atoms with van der Waals surface area (Å²) in [6, 6.07) is 13.6. The molecule has 2 aliphatic rings. The van der Waals surface area contributed by atoms with Crippen molar-refractivity contribution < 1.29 is 32.6 Å². The van der Waals surface area contributed by atoms with Crippen molar-refractivity contribution in [2.75, 3.05) is 6.61 Å². The van der Waals surface area contributed by atoms with E-state index in [1.54, 1.807) is 43.5 Å². The van der Waals surface area contributed by atoms with E-state index in [0.717, 1.165) is 0 Å². The highest BCUT2D eigenvalue weighted by Gasteiger charge is 2.41. The van der Waals surface area contributed by atoms with Gasteiger partial charge in [0.25, 0.3) is 0 Å². The third-order valence-corrected chi connectivity index (χ3v) is 6.13. The zero-order chi connectivity index (χ0) is 25.2. The molecule has 0 unspecified atom stereocenters. The molecule has 5 rings (SSSR count). The van der Waals surface area contributed by atoms with Crippen LogP contribution in [0, 0.1) is 11.3 Å². The van der Waals surface area contributed by atoms with E-state index in [1.807, 2.05) is 6.07 Å². The van der Waals surface area contributed by atoms with E-state index in [9.17, 15) is 14.9 Å². The van der Waals surface area contributed by atoms with Crippen LogP contribution < -0.4 is 15.2 Å². The first-order chi connectivity index (χ1) is 17.5. The number of allylic oxidation sites excluding steroid dienone is 3. The number of nitriles is 1. The third-order valence-electron chi connectivity index (χ3n) is 6.13. The van der Waals surface area contributed by atoms with Crippen LogP contribution in [0.4, 0.5) is 0 Å². The van der Waals surface area contributed by atoms with Gasteiger partial charge in [0.15, 0.2) is 17.3 Å². The predicted molar refractivity (Wildman–Crippen MR) is 125 cm³/mol. The minimum Gasteiger partial charge on any atom is -0.490 e. The molecular formula is C27H22N2O7. The van der Waals surface area contributed by atoms with Gasteiger partial charge in [-0.25, -0.2) is 4.79 Å². The number of benzene rings is 1. The summed E-state index contributed by atoms with van der Waals surface area (Å²) in [5.41, 5.74) is 7.22. The van der Waals surface area contributed by atoms with Crippen LogP contribution in [0.2, 0.25) is 0 Å². The number of ketones is 1. The van der Waals surface area contributed by atoms with Gasteiger partial charge in [0.05, 0.1) is 25.1 Å². The van der Waals surface area contributed by atoms with Gasteiger partial charge in [0.1, 0.15) is 23.2 Å². The number of carbonyl (C=O) groups excluding carboxylic acids is 2. The van der Waals surface area contributed by atoms with Gasteiger partial charge in [-0.1, -0.05) is 6.07 Å². The fourth-order valence-corrected chi connectivity index (χ4v) is 4.57. The maximum absolute atomic E-state index is 13.4. The molecule has 2 aromatic heterocycles. The maximum atomic E-state index is 13.4. The highest BCUT2D eigenvalue weighted by atomic mass is 16.6. The van der Waals surface area contributed by atoms with Gasteiger partial charge in [-0.2, -0.15) is 5.26 Å². The fraction of sp³-hybridized carbons (Fsp3) is 0.222. The average molecular weight is 486 g/mol. The molecule has 1 aromatic carbocycles. The molecule has 1 aliphatic heterocycles. The molecule has 9 heteroatoms. The van der Waals surface area contributed by atoms with Crippen molar-refractivity contribution in [3.05, 3.63) is 94.9 Å². The van der Waals surface area contributed by atoms with Crippen LogP contribution in [0.25, 0.3) is 0 Å². The van der Waals surface area contributed by atoms with Crippen LogP contribution in [0.1, 0.15) is 53.5 Å². The summed E-state index contributed by atoms with van der Waals surface area (Å²) < 4.78 is 27.6. The van der Waals surface area contributed by atoms with Crippen molar-refractivity contribution in [2.24, 2.45) is 5.73 Å². The van der Waals surface area contributed by atoms with Crippen molar-refractivity contribution in [2.45, 2.75) is 31.6 Å². The number of esters is 1. The molecule has 182 valence electrons. The molecule has 9 nitrogen and oxygen atoms in total. The number of hydrogen-bond donors (Lipinski definition) is 1. The van der Waals surface area contributed by atoms with Crippen molar-refractivity contribution in [1.82, 2.24) is 0 Å². The quantitative estimate of drug-likeness (QED) is 0.388. The van der Waals surface area contributed by atoms with Crippen molar-refractivity contribution in [3.8, 4) is 17.6 Å². The molecule has 1 aliphatic carbocycles. The predicted octanol–water partition coefficient (Wildman–Crippen LogP) is 4.70. The molecule has 0 fully saturated rings. The van der Waals surface area contributed by atoms with Gasteiger partial charge in [0, 0.05) is 24.3 Å². The zero-order valence-electron chi connectivity index (χ0n) is 19.4. The highest BCUT2D eigenvalue weighted by molar-refractivity contribution is 6.00. The van der Waals surface area contributed by atoms with E-state index >= 15 is 0 Å². The van der Waals surface area contributed by atoms with Crippen LogP contribution in [0.3, 0.4) is 0 Å². The molecule has 0 radical (unpaired) electrons. The Morgan fingerprint density at radius 2 is 1.94 bits per heavy atom. The second kappa shape index (κ2) is 9.50. The smallest absolute Gasteiger partial charge is 0.379 e. The first-order valence-corrected chi connectivity index (χ1v) is 11.4. The number of hydrogen-bond acceptors (Lipinski definition) is 9. The number of nitrogens with two attached hydrogens (primary N) is 1. The summed E-state index contributed by atoms with van der Waals surface area (Å²) in [4.78, 5) is 25.8. The van der Waals surface area contributed by atoms with E-state index in [4.69, 9.17) is 28.8 Å². The number of ether oxygens (including phenoxy) is 3. The van der Waals surface area contributed by atoms with E-state index in [1.165, 1.54) is 12.3 Å². The third kappa shape index (κ3) is 4.14. The fourth-order valence-electron chi connectivity index (χ4n) is 4.57. The zero-order valence-corrected chi connectivity index (χ0v) is 19.4. The highest BCUT2D eigenvalue weighted by Crippen LogP contribution is 2.47. The van der Waals surface area contributed by atoms with Gasteiger partial charge < -0.3 is 28.8 Å². The van der Waals surface area contributed by atoms with Gasteiger partial charge >= 0.3 is 5.97 Å². The molecule has 2 atom stereocenters. The topological polar surface area (TPSA) is 138 Å². The largest absolute Gasteiger partial charge is 0.490 e. The summed E-state index contributed by atoms with van der Waals surface area (Å²) in [6.07, 6.45) is 3.55. The molecule has 0 saturated carbocycles. The summed E-state index contributed by atoms with van der Waals surface area (Å²) in [5, 5.41) is 9.90. The van der Waals surface area contributed by atoms with E-state index in [0.29, 0.717) is 35.7 Å². The van der Waals surface area contributed by atoms with Crippen LogP contribution in [0.5, 0.6) is 11.5 Å². The van der Waals surface area contributed by atoms with E-state index < -0.39 is 11.9 Å². The van der Waals surface area contributed by atoms with Crippen LogP contribution >= 0.6 is 0 Å². The number of furan rings is 2.